The molecule has 1 aliphatic rings. The lowest BCUT2D eigenvalue weighted by atomic mass is 10.1. The Morgan fingerprint density at radius 2 is 1.96 bits per heavy atom. The van der Waals surface area contributed by atoms with Gasteiger partial charge in [0.15, 0.2) is 0 Å². The van der Waals surface area contributed by atoms with Crippen molar-refractivity contribution in [3.63, 3.8) is 0 Å². The number of hydrogen-bond acceptors (Lipinski definition) is 8. The molecule has 0 radical (unpaired) electrons. The van der Waals surface area contributed by atoms with Crippen molar-refractivity contribution < 1.29 is 4.92 Å². The number of piperidine rings is 1. The van der Waals surface area contributed by atoms with Gasteiger partial charge in [0, 0.05) is 43.9 Å². The van der Waals surface area contributed by atoms with Crippen LogP contribution >= 0.6 is 0 Å². The summed E-state index contributed by atoms with van der Waals surface area (Å²) in [5.74, 6) is 0.501. The summed E-state index contributed by atoms with van der Waals surface area (Å²) >= 11 is 0. The Balaban J connectivity index is 1.46. The number of anilines is 2. The van der Waals surface area contributed by atoms with Crippen LogP contribution in [0.4, 0.5) is 17.3 Å². The zero-order valence-corrected chi connectivity index (χ0v) is 14.8. The summed E-state index contributed by atoms with van der Waals surface area (Å²) in [5, 5.41) is 15.5. The molecule has 142 valence electrons. The summed E-state index contributed by atoms with van der Waals surface area (Å²) in [6.45, 7) is 1.11. The van der Waals surface area contributed by atoms with Crippen LogP contribution in [-0.4, -0.2) is 38.7 Å². The first kappa shape index (κ1) is 17.6. The maximum absolute atomic E-state index is 12.1. The Bertz CT molecular complexity index is 1120. The van der Waals surface area contributed by atoms with Crippen LogP contribution in [0.1, 0.15) is 12.8 Å². The molecule has 10 nitrogen and oxygen atoms in total. The van der Waals surface area contributed by atoms with Gasteiger partial charge in [0.1, 0.15) is 0 Å². The molecule has 0 aliphatic carbocycles. The molecule has 10 heteroatoms. The van der Waals surface area contributed by atoms with Gasteiger partial charge < -0.3 is 9.88 Å². The van der Waals surface area contributed by atoms with Gasteiger partial charge in [-0.1, -0.05) is 12.1 Å². The minimum atomic E-state index is -0.425. The van der Waals surface area contributed by atoms with E-state index in [1.165, 1.54) is 6.07 Å². The molecule has 1 aliphatic heterocycles. The van der Waals surface area contributed by atoms with Gasteiger partial charge >= 0.3 is 5.69 Å². The number of fused-ring (bicyclic) bond motifs is 1. The molecule has 0 bridgehead atoms. The lowest BCUT2D eigenvalue weighted by molar-refractivity contribution is -0.384. The van der Waals surface area contributed by atoms with Crippen molar-refractivity contribution in [2.75, 3.05) is 23.4 Å². The van der Waals surface area contributed by atoms with Gasteiger partial charge in [-0.2, -0.15) is 5.10 Å². The van der Waals surface area contributed by atoms with Crippen molar-refractivity contribution >= 4 is 34.1 Å². The number of nitrogens with zero attached hydrogens (tertiary/aromatic N) is 5. The fourth-order valence-electron chi connectivity index (χ4n) is 3.10. The normalized spacial score (nSPS) is 14.1. The van der Waals surface area contributed by atoms with Crippen LogP contribution in [0.15, 0.2) is 52.5 Å². The number of pyridine rings is 1. The summed E-state index contributed by atoms with van der Waals surface area (Å²) < 4.78 is 0. The molecule has 0 atom stereocenters. The van der Waals surface area contributed by atoms with E-state index in [0.29, 0.717) is 42.8 Å². The van der Waals surface area contributed by atoms with Crippen molar-refractivity contribution in [3.8, 4) is 0 Å². The highest BCUT2D eigenvalue weighted by molar-refractivity contribution is 5.87. The fourth-order valence-corrected chi connectivity index (χ4v) is 3.10. The highest BCUT2D eigenvalue weighted by Gasteiger charge is 2.24. The van der Waals surface area contributed by atoms with Crippen molar-refractivity contribution in [1.29, 1.82) is 0 Å². The Labute approximate surface area is 159 Å². The van der Waals surface area contributed by atoms with Crippen LogP contribution in [0.2, 0.25) is 0 Å². The van der Waals surface area contributed by atoms with Crippen LogP contribution in [0.3, 0.4) is 0 Å². The molecule has 4 rings (SSSR count). The monoisotopic (exact) mass is 379 g/mol. The van der Waals surface area contributed by atoms with E-state index < -0.39 is 4.92 Å². The smallest absolute Gasteiger partial charge is 0.311 e. The molecule has 28 heavy (non-hydrogen) atoms. The summed E-state index contributed by atoms with van der Waals surface area (Å²) in [7, 11) is 0. The number of hydrogen-bond donors (Lipinski definition) is 2. The second kappa shape index (κ2) is 7.43. The van der Waals surface area contributed by atoms with Crippen molar-refractivity contribution in [2.45, 2.75) is 12.8 Å². The van der Waals surface area contributed by atoms with Crippen LogP contribution in [0, 0.1) is 10.1 Å². The minimum absolute atomic E-state index is 0.00656. The van der Waals surface area contributed by atoms with Gasteiger partial charge in [0.25, 0.3) is 5.56 Å². The fraction of sp³-hybridized carbons (Fsp3) is 0.222. The van der Waals surface area contributed by atoms with E-state index in [2.05, 4.69) is 25.5 Å². The molecule has 1 aromatic carbocycles. The summed E-state index contributed by atoms with van der Waals surface area (Å²) in [6.07, 6.45) is 2.75. The number of aromatic nitrogens is 3. The van der Waals surface area contributed by atoms with Crippen LogP contribution < -0.4 is 15.9 Å². The van der Waals surface area contributed by atoms with E-state index in [1.54, 1.807) is 18.3 Å². The lowest BCUT2D eigenvalue weighted by Gasteiger charge is -2.28. The number of para-hydroxylation sites is 2. The minimum Gasteiger partial charge on any atom is -0.350 e. The summed E-state index contributed by atoms with van der Waals surface area (Å²) in [4.78, 5) is 36.0. The van der Waals surface area contributed by atoms with Gasteiger partial charge in [-0.3, -0.25) is 20.3 Å². The van der Waals surface area contributed by atoms with Crippen molar-refractivity contribution in [2.24, 2.45) is 5.10 Å². The maximum atomic E-state index is 12.1. The maximum Gasteiger partial charge on any atom is 0.311 e. The number of rotatable bonds is 4. The average Bonchev–Trinajstić information content (AvgIpc) is 2.72. The molecular formula is C18H17N7O3. The number of aromatic amines is 1. The first-order valence-electron chi connectivity index (χ1n) is 8.76. The number of nitro groups is 1. The molecule has 0 spiro atoms. The number of hydrazone groups is 1. The third-order valence-electron chi connectivity index (χ3n) is 4.52. The van der Waals surface area contributed by atoms with Crippen LogP contribution in [0.25, 0.3) is 11.0 Å². The van der Waals surface area contributed by atoms with Gasteiger partial charge in [-0.05, 0) is 18.2 Å². The largest absolute Gasteiger partial charge is 0.350 e. The number of nitrogens with one attached hydrogen (secondary N) is 2. The lowest BCUT2D eigenvalue weighted by Crippen LogP contribution is -2.35. The molecule has 3 aromatic rings. The molecular weight excluding hydrogens is 362 g/mol. The second-order valence-corrected chi connectivity index (χ2v) is 6.31. The Kier molecular flexibility index (Phi) is 4.67. The number of H-pyrrole nitrogens is 1. The molecule has 1 fully saturated rings. The summed E-state index contributed by atoms with van der Waals surface area (Å²) in [6, 6.07) is 10.3. The van der Waals surface area contributed by atoms with E-state index in [9.17, 15) is 14.9 Å². The van der Waals surface area contributed by atoms with E-state index in [0.717, 1.165) is 5.71 Å². The van der Waals surface area contributed by atoms with Gasteiger partial charge in [-0.25, -0.2) is 9.97 Å². The molecule has 0 amide bonds. The van der Waals surface area contributed by atoms with Crippen LogP contribution in [0.5, 0.6) is 0 Å². The zero-order chi connectivity index (χ0) is 19.5. The Morgan fingerprint density at radius 1 is 1.18 bits per heavy atom. The molecule has 0 unspecified atom stereocenters. The van der Waals surface area contributed by atoms with E-state index in [4.69, 9.17) is 0 Å². The van der Waals surface area contributed by atoms with E-state index >= 15 is 0 Å². The Hall–Kier alpha value is -3.82. The average molecular weight is 379 g/mol. The summed E-state index contributed by atoms with van der Waals surface area (Å²) in [5.41, 5.74) is 4.60. The Morgan fingerprint density at radius 3 is 2.75 bits per heavy atom. The van der Waals surface area contributed by atoms with Crippen molar-refractivity contribution in [3.05, 3.63) is 63.1 Å². The van der Waals surface area contributed by atoms with E-state index in [1.807, 2.05) is 23.1 Å². The van der Waals surface area contributed by atoms with Gasteiger partial charge in [0.2, 0.25) is 11.6 Å². The predicted molar refractivity (Wildman–Crippen MR) is 106 cm³/mol. The molecule has 3 heterocycles. The van der Waals surface area contributed by atoms with E-state index in [-0.39, 0.29) is 17.1 Å². The highest BCUT2D eigenvalue weighted by atomic mass is 16.6. The SMILES string of the molecule is O=c1[nH]c2ccccc2nc1NN=C1CCN(c2ncccc2[N+](=O)[O-])CC1. The third kappa shape index (κ3) is 3.52. The standard InChI is InChI=1S/C18H17N7O3/c26-18-16(20-13-4-1-2-5-14(13)21-18)23-22-12-7-10-24(11-8-12)17-15(25(27)28)6-3-9-19-17/h1-6,9H,7-8,10-11H2,(H,20,23)(H,21,26). The number of benzene rings is 1. The van der Waals surface area contributed by atoms with Gasteiger partial charge in [-0.15, -0.1) is 0 Å². The van der Waals surface area contributed by atoms with Crippen LogP contribution in [-0.2, 0) is 0 Å². The topological polar surface area (TPSA) is 129 Å². The predicted octanol–water partition coefficient (Wildman–Crippen LogP) is 2.29. The first-order valence-corrected chi connectivity index (χ1v) is 8.76. The molecule has 1 saturated heterocycles. The molecule has 2 aromatic heterocycles. The quantitative estimate of drug-likeness (QED) is 0.525. The van der Waals surface area contributed by atoms with Crippen molar-refractivity contribution in [1.82, 2.24) is 15.0 Å². The second-order valence-electron chi connectivity index (χ2n) is 6.31. The first-order chi connectivity index (χ1) is 13.6. The highest BCUT2D eigenvalue weighted by Crippen LogP contribution is 2.26. The zero-order valence-electron chi connectivity index (χ0n) is 14.8. The molecule has 0 saturated carbocycles. The van der Waals surface area contributed by atoms with Gasteiger partial charge in [0.05, 0.1) is 16.0 Å². The molecule has 2 N–H and O–H groups in total. The third-order valence-corrected chi connectivity index (χ3v) is 4.52.